The normalized spacial score (nSPS) is 17.1. The molecule has 0 N–H and O–H groups in total. The van der Waals surface area contributed by atoms with Crippen LogP contribution in [0.25, 0.3) is 0 Å². The molecular weight excluding hydrogens is 495 g/mol. The van der Waals surface area contributed by atoms with Gasteiger partial charge in [0, 0.05) is 0 Å². The van der Waals surface area contributed by atoms with Gasteiger partial charge in [0.25, 0.3) is 0 Å². The van der Waals surface area contributed by atoms with E-state index in [4.69, 9.17) is 0 Å². The van der Waals surface area contributed by atoms with E-state index in [1.807, 2.05) is 0 Å². The largest absolute Gasteiger partial charge is 1.00 e. The van der Waals surface area contributed by atoms with Crippen molar-refractivity contribution in [3.05, 3.63) is 115 Å². The van der Waals surface area contributed by atoms with Crippen LogP contribution in [-0.2, 0) is 20.4 Å². The summed E-state index contributed by atoms with van der Waals surface area (Å²) in [5.74, 6) is 0. The van der Waals surface area contributed by atoms with Crippen LogP contribution in [0.3, 0.4) is 0 Å². The van der Waals surface area contributed by atoms with Crippen molar-refractivity contribution in [1.29, 1.82) is 0 Å². The number of benzene rings is 3. The zero-order valence-corrected chi connectivity index (χ0v) is 22.3. The zero-order chi connectivity index (χ0) is 19.5. The number of hydrogen-bond acceptors (Lipinski definition) is 0. The molecule has 0 spiro atoms. The Bertz CT molecular complexity index is 894. The maximum Gasteiger partial charge on any atom is -1.00 e. The van der Waals surface area contributed by atoms with E-state index in [0.29, 0.717) is 0 Å². The van der Waals surface area contributed by atoms with Crippen LogP contribution >= 0.6 is 0 Å². The first-order valence-corrected chi connectivity index (χ1v) is 12.8. The maximum absolute atomic E-state index is 2.48. The van der Waals surface area contributed by atoms with Crippen molar-refractivity contribution in [2.24, 2.45) is 0 Å². The Morgan fingerprint density at radius 1 is 0.677 bits per heavy atom. The van der Waals surface area contributed by atoms with Gasteiger partial charge >= 0.3 is 182 Å². The van der Waals surface area contributed by atoms with Gasteiger partial charge in [-0.25, -0.2) is 0 Å². The molecule has 0 aromatic heterocycles. The van der Waals surface area contributed by atoms with Crippen molar-refractivity contribution in [2.75, 3.05) is 0 Å². The van der Waals surface area contributed by atoms with Gasteiger partial charge in [-0.05, 0) is 0 Å². The van der Waals surface area contributed by atoms with Gasteiger partial charge in [-0.1, -0.05) is 0 Å². The second kappa shape index (κ2) is 12.3. The fourth-order valence-electron chi connectivity index (χ4n) is 4.71. The average molecular weight is 520 g/mol. The molecule has 0 radical (unpaired) electrons. The predicted molar refractivity (Wildman–Crippen MR) is 119 cm³/mol. The number of hydrogen-bond donors (Lipinski definition) is 0. The van der Waals surface area contributed by atoms with Gasteiger partial charge in [0.15, 0.2) is 0 Å². The minimum atomic E-state index is -2.37. The van der Waals surface area contributed by atoms with E-state index in [0.717, 1.165) is 6.42 Å². The van der Waals surface area contributed by atoms with Crippen LogP contribution in [0.1, 0.15) is 19.8 Å². The fraction of sp³-hybridized carbons (Fsp3) is 0.154. The van der Waals surface area contributed by atoms with Crippen molar-refractivity contribution in [3.8, 4) is 0 Å². The summed E-state index contributed by atoms with van der Waals surface area (Å²) in [6, 6.07) is 33.7. The first-order chi connectivity index (χ1) is 13.7. The molecule has 1 aliphatic rings. The third kappa shape index (κ3) is 4.83. The number of halogens is 3. The van der Waals surface area contributed by atoms with E-state index in [2.05, 4.69) is 137 Å². The Balaban J connectivity index is 0.00000160. The molecule has 158 valence electrons. The van der Waals surface area contributed by atoms with E-state index < -0.39 is 8.07 Å². The molecule has 5 heteroatoms. The third-order valence-electron chi connectivity index (χ3n) is 5.88. The zero-order valence-electron chi connectivity index (χ0n) is 17.4. The second-order valence-electron chi connectivity index (χ2n) is 7.46. The van der Waals surface area contributed by atoms with Crippen LogP contribution < -0.4 is 52.8 Å². The van der Waals surface area contributed by atoms with Crippen molar-refractivity contribution in [1.82, 2.24) is 0 Å². The minimum Gasteiger partial charge on any atom is -1.00 e. The Hall–Kier alpha value is -1.06. The SMILES string of the molecule is CCCC1=CC=C[C]1([Ti+3])[Si](c1ccccc1)(c1ccccc1)c1ccccc1.[Cl-].[Cl-].[Cl-]. The summed E-state index contributed by atoms with van der Waals surface area (Å²) >= 11 is 2.48. The Kier molecular flexibility index (Phi) is 11.1. The predicted octanol–water partition coefficient (Wildman–Crippen LogP) is -4.29. The van der Waals surface area contributed by atoms with Gasteiger partial charge in [0.1, 0.15) is 0 Å². The van der Waals surface area contributed by atoms with Crippen molar-refractivity contribution in [3.63, 3.8) is 0 Å². The number of rotatable bonds is 6. The van der Waals surface area contributed by atoms with Gasteiger partial charge in [-0.2, -0.15) is 0 Å². The summed E-state index contributed by atoms with van der Waals surface area (Å²) in [5.41, 5.74) is 1.57. The molecule has 0 bridgehead atoms. The topological polar surface area (TPSA) is 0 Å². The maximum atomic E-state index is 2.48. The fourth-order valence-corrected chi connectivity index (χ4v) is 12.7. The van der Waals surface area contributed by atoms with Crippen LogP contribution in [0.4, 0.5) is 0 Å². The van der Waals surface area contributed by atoms with Crippen LogP contribution in [0.5, 0.6) is 0 Å². The van der Waals surface area contributed by atoms with Gasteiger partial charge in [-0.3, -0.25) is 0 Å². The Labute approximate surface area is 217 Å². The second-order valence-corrected chi connectivity index (χ2v) is 13.5. The standard InChI is InChI=1S/C26H25Si.3ClH.Ti/c1-2-13-22-14-12-21-26(22)27(23-15-6-3-7-16-23,24-17-8-4-9-18-24)25-19-10-5-11-20-25;;;;/h3-12,14-21H,2,13H2,1H3;3*1H;/q;;;;+3/p-3. The smallest absolute Gasteiger partial charge is 1.00 e. The summed E-state index contributed by atoms with van der Waals surface area (Å²) in [7, 11) is -2.37. The van der Waals surface area contributed by atoms with E-state index in [9.17, 15) is 0 Å². The molecule has 0 saturated heterocycles. The van der Waals surface area contributed by atoms with E-state index in [-0.39, 0.29) is 40.6 Å². The molecular formula is C26H25Cl3SiTi. The molecule has 1 aliphatic carbocycles. The molecule has 0 amide bonds. The van der Waals surface area contributed by atoms with E-state index >= 15 is 0 Å². The monoisotopic (exact) mass is 518 g/mol. The summed E-state index contributed by atoms with van der Waals surface area (Å²) in [6.07, 6.45) is 9.47. The van der Waals surface area contributed by atoms with Gasteiger partial charge < -0.3 is 37.2 Å². The van der Waals surface area contributed by atoms with Crippen molar-refractivity contribution in [2.45, 2.75) is 23.1 Å². The van der Waals surface area contributed by atoms with E-state index in [1.54, 1.807) is 5.57 Å². The van der Waals surface area contributed by atoms with Gasteiger partial charge in [0.05, 0.1) is 0 Å². The van der Waals surface area contributed by atoms with Crippen molar-refractivity contribution >= 4 is 23.6 Å². The van der Waals surface area contributed by atoms with Crippen LogP contribution in [0, 0.1) is 0 Å². The quantitative estimate of drug-likeness (QED) is 0.229. The molecule has 0 saturated carbocycles. The van der Waals surface area contributed by atoms with Crippen LogP contribution in [0.15, 0.2) is 115 Å². The molecule has 3 aromatic rings. The third-order valence-corrected chi connectivity index (χ3v) is 13.7. The molecule has 4 rings (SSSR count). The molecule has 0 fully saturated rings. The molecule has 0 nitrogen and oxygen atoms in total. The molecule has 1 atom stereocenters. The first-order valence-electron chi connectivity index (χ1n) is 10.0. The van der Waals surface area contributed by atoms with Crippen LogP contribution in [-0.4, -0.2) is 8.07 Å². The van der Waals surface area contributed by atoms with Crippen molar-refractivity contribution < 1.29 is 57.7 Å². The Morgan fingerprint density at radius 2 is 1.06 bits per heavy atom. The average Bonchev–Trinajstić information content (AvgIpc) is 3.13. The minimum absolute atomic E-state index is 0. The molecule has 0 aliphatic heterocycles. The summed E-state index contributed by atoms with van der Waals surface area (Å²) in [5, 5.41) is 4.43. The molecule has 31 heavy (non-hydrogen) atoms. The molecule has 0 heterocycles. The molecule has 1 unspecified atom stereocenters. The van der Waals surface area contributed by atoms with Crippen LogP contribution in [0.2, 0.25) is 3.34 Å². The molecule has 3 aromatic carbocycles. The summed E-state index contributed by atoms with van der Waals surface area (Å²) in [4.78, 5) is 0. The first kappa shape index (κ1) is 28.0. The van der Waals surface area contributed by atoms with Gasteiger partial charge in [0.2, 0.25) is 0 Å². The summed E-state index contributed by atoms with van der Waals surface area (Å²) < 4.78 is 0.00701. The van der Waals surface area contributed by atoms with E-state index in [1.165, 1.54) is 22.0 Å². The number of allylic oxidation sites excluding steroid dienone is 4. The summed E-state index contributed by atoms with van der Waals surface area (Å²) in [6.45, 7) is 2.29. The Morgan fingerprint density at radius 3 is 1.42 bits per heavy atom. The van der Waals surface area contributed by atoms with Gasteiger partial charge in [-0.15, -0.1) is 0 Å².